The minimum Gasteiger partial charge on any atom is -0.345 e. The Hall–Kier alpha value is -0.650. The SMILES string of the molecule is CN1CC2(CCC1=O)CCN(C1CCN(C3CCCC3)CC1N)CC2. The maximum Gasteiger partial charge on any atom is 0.222 e. The van der Waals surface area contributed by atoms with Crippen LogP contribution in [-0.2, 0) is 4.79 Å². The van der Waals surface area contributed by atoms with Gasteiger partial charge in [-0.25, -0.2) is 0 Å². The standard InChI is InChI=1S/C20H36N4O/c1-22-15-20(8-6-19(22)25)9-12-23(13-10-20)18-7-11-24(14-17(18)21)16-4-2-3-5-16/h16-18H,2-15,21H2,1H3. The Morgan fingerprint density at radius 3 is 2.36 bits per heavy atom. The van der Waals surface area contributed by atoms with Gasteiger partial charge in [-0.05, 0) is 57.0 Å². The molecule has 3 aliphatic heterocycles. The number of amides is 1. The number of nitrogens with two attached hydrogens (primary N) is 1. The summed E-state index contributed by atoms with van der Waals surface area (Å²) in [6, 6.07) is 1.68. The van der Waals surface area contributed by atoms with Gasteiger partial charge in [-0.1, -0.05) is 12.8 Å². The first kappa shape index (κ1) is 17.7. The Balaban J connectivity index is 1.30. The molecule has 0 radical (unpaired) electrons. The number of rotatable bonds is 2. The van der Waals surface area contributed by atoms with Crippen LogP contribution in [0.15, 0.2) is 0 Å². The zero-order valence-electron chi connectivity index (χ0n) is 16.0. The largest absolute Gasteiger partial charge is 0.345 e. The molecule has 1 saturated carbocycles. The van der Waals surface area contributed by atoms with Crippen molar-refractivity contribution in [1.82, 2.24) is 14.7 Å². The van der Waals surface area contributed by atoms with Gasteiger partial charge in [0, 0.05) is 51.2 Å². The average Bonchev–Trinajstić information content (AvgIpc) is 3.14. The Bertz CT molecular complexity index is 482. The van der Waals surface area contributed by atoms with Crippen LogP contribution in [-0.4, -0.2) is 78.5 Å². The fourth-order valence-electron chi connectivity index (χ4n) is 6.02. The normalized spacial score (nSPS) is 35.6. The Morgan fingerprint density at radius 2 is 1.72 bits per heavy atom. The predicted molar refractivity (Wildman–Crippen MR) is 100 cm³/mol. The minimum atomic E-state index is 0.305. The smallest absolute Gasteiger partial charge is 0.222 e. The van der Waals surface area contributed by atoms with Crippen molar-refractivity contribution in [2.24, 2.45) is 11.1 Å². The molecule has 4 fully saturated rings. The van der Waals surface area contributed by atoms with Gasteiger partial charge in [-0.2, -0.15) is 0 Å². The van der Waals surface area contributed by atoms with Gasteiger partial charge in [0.05, 0.1) is 0 Å². The number of hydrogen-bond donors (Lipinski definition) is 1. The van der Waals surface area contributed by atoms with Crippen LogP contribution in [0.1, 0.15) is 57.8 Å². The Morgan fingerprint density at radius 1 is 1.00 bits per heavy atom. The molecule has 2 atom stereocenters. The second-order valence-corrected chi connectivity index (χ2v) is 9.24. The molecule has 3 saturated heterocycles. The highest BCUT2D eigenvalue weighted by atomic mass is 16.2. The zero-order valence-corrected chi connectivity index (χ0v) is 16.0. The van der Waals surface area contributed by atoms with Crippen molar-refractivity contribution in [2.45, 2.75) is 75.9 Å². The minimum absolute atomic E-state index is 0.305. The highest BCUT2D eigenvalue weighted by Crippen LogP contribution is 2.40. The molecule has 2 N–H and O–H groups in total. The highest BCUT2D eigenvalue weighted by Gasteiger charge is 2.42. The molecule has 4 aliphatic rings. The highest BCUT2D eigenvalue weighted by molar-refractivity contribution is 5.76. The maximum absolute atomic E-state index is 11.8. The summed E-state index contributed by atoms with van der Waals surface area (Å²) in [4.78, 5) is 19.1. The molecule has 0 aromatic rings. The average molecular weight is 349 g/mol. The van der Waals surface area contributed by atoms with Gasteiger partial charge < -0.3 is 10.6 Å². The summed E-state index contributed by atoms with van der Waals surface area (Å²) in [6.45, 7) is 5.63. The molecule has 2 unspecified atom stereocenters. The summed E-state index contributed by atoms with van der Waals surface area (Å²) in [7, 11) is 1.98. The molecule has 5 nitrogen and oxygen atoms in total. The molecule has 142 valence electrons. The molecular weight excluding hydrogens is 312 g/mol. The molecule has 1 spiro atoms. The predicted octanol–water partition coefficient (Wildman–Crippen LogP) is 1.67. The van der Waals surface area contributed by atoms with Crippen LogP contribution < -0.4 is 5.73 Å². The third-order valence-corrected chi connectivity index (χ3v) is 7.69. The first-order valence-electron chi connectivity index (χ1n) is 10.5. The van der Waals surface area contributed by atoms with Crippen molar-refractivity contribution in [1.29, 1.82) is 0 Å². The van der Waals surface area contributed by atoms with Crippen LogP contribution in [0.2, 0.25) is 0 Å². The number of carbonyl (C=O) groups excluding carboxylic acids is 1. The molecule has 4 rings (SSSR count). The van der Waals surface area contributed by atoms with Gasteiger partial charge in [0.25, 0.3) is 0 Å². The van der Waals surface area contributed by atoms with Gasteiger partial charge in [-0.3, -0.25) is 14.6 Å². The van der Waals surface area contributed by atoms with E-state index in [4.69, 9.17) is 5.73 Å². The molecule has 25 heavy (non-hydrogen) atoms. The van der Waals surface area contributed by atoms with Crippen LogP contribution >= 0.6 is 0 Å². The quantitative estimate of drug-likeness (QED) is 0.825. The molecule has 3 heterocycles. The molecular formula is C20H36N4O. The van der Waals surface area contributed by atoms with E-state index in [2.05, 4.69) is 9.80 Å². The summed E-state index contributed by atoms with van der Waals surface area (Å²) >= 11 is 0. The number of carbonyl (C=O) groups is 1. The van der Waals surface area contributed by atoms with Crippen LogP contribution in [0.5, 0.6) is 0 Å². The third kappa shape index (κ3) is 3.60. The van der Waals surface area contributed by atoms with Crippen LogP contribution in [0.25, 0.3) is 0 Å². The van der Waals surface area contributed by atoms with E-state index in [1.807, 2.05) is 11.9 Å². The lowest BCUT2D eigenvalue weighted by molar-refractivity contribution is -0.137. The zero-order chi connectivity index (χ0) is 17.4. The van der Waals surface area contributed by atoms with Gasteiger partial charge >= 0.3 is 0 Å². The van der Waals surface area contributed by atoms with Crippen molar-refractivity contribution in [2.75, 3.05) is 39.8 Å². The third-order valence-electron chi connectivity index (χ3n) is 7.69. The van der Waals surface area contributed by atoms with Gasteiger partial charge in [0.2, 0.25) is 5.91 Å². The van der Waals surface area contributed by atoms with Crippen molar-refractivity contribution in [3.63, 3.8) is 0 Å². The van der Waals surface area contributed by atoms with Crippen molar-refractivity contribution in [3.05, 3.63) is 0 Å². The topological polar surface area (TPSA) is 52.8 Å². The molecule has 0 bridgehead atoms. The number of likely N-dealkylation sites (tertiary alicyclic amines) is 3. The van der Waals surface area contributed by atoms with E-state index in [0.29, 0.717) is 23.4 Å². The van der Waals surface area contributed by atoms with E-state index in [9.17, 15) is 4.79 Å². The number of nitrogens with zero attached hydrogens (tertiary/aromatic N) is 3. The number of piperidine rings is 3. The summed E-state index contributed by atoms with van der Waals surface area (Å²) in [5.41, 5.74) is 7.02. The van der Waals surface area contributed by atoms with Crippen molar-refractivity contribution < 1.29 is 4.79 Å². The monoisotopic (exact) mass is 348 g/mol. The van der Waals surface area contributed by atoms with E-state index < -0.39 is 0 Å². The molecule has 0 aromatic carbocycles. The fraction of sp³-hybridized carbons (Fsp3) is 0.950. The van der Waals surface area contributed by atoms with E-state index >= 15 is 0 Å². The molecule has 1 amide bonds. The first-order valence-corrected chi connectivity index (χ1v) is 10.5. The lowest BCUT2D eigenvalue weighted by atomic mass is 9.72. The first-order chi connectivity index (χ1) is 12.1. The summed E-state index contributed by atoms with van der Waals surface area (Å²) < 4.78 is 0. The van der Waals surface area contributed by atoms with Gasteiger partial charge in [-0.15, -0.1) is 0 Å². The van der Waals surface area contributed by atoms with Crippen molar-refractivity contribution >= 4 is 5.91 Å². The second kappa shape index (κ2) is 7.16. The van der Waals surface area contributed by atoms with E-state index in [-0.39, 0.29) is 0 Å². The van der Waals surface area contributed by atoms with Crippen LogP contribution in [0, 0.1) is 5.41 Å². The lowest BCUT2D eigenvalue weighted by Gasteiger charge is -2.51. The van der Waals surface area contributed by atoms with E-state index in [0.717, 1.165) is 32.0 Å². The van der Waals surface area contributed by atoms with E-state index in [1.165, 1.54) is 64.6 Å². The molecule has 0 aromatic heterocycles. The van der Waals surface area contributed by atoms with Gasteiger partial charge in [0.15, 0.2) is 0 Å². The summed E-state index contributed by atoms with van der Waals surface area (Å²) in [5, 5.41) is 0. The summed E-state index contributed by atoms with van der Waals surface area (Å²) in [5.74, 6) is 0.328. The van der Waals surface area contributed by atoms with Crippen LogP contribution in [0.3, 0.4) is 0 Å². The van der Waals surface area contributed by atoms with Gasteiger partial charge in [0.1, 0.15) is 0 Å². The van der Waals surface area contributed by atoms with Crippen LogP contribution in [0.4, 0.5) is 0 Å². The van der Waals surface area contributed by atoms with E-state index in [1.54, 1.807) is 0 Å². The molecule has 5 heteroatoms. The fourth-order valence-corrected chi connectivity index (χ4v) is 6.02. The Kier molecular flexibility index (Phi) is 5.09. The van der Waals surface area contributed by atoms with Crippen molar-refractivity contribution in [3.8, 4) is 0 Å². The Labute approximate surface area is 152 Å². The molecule has 1 aliphatic carbocycles. The summed E-state index contributed by atoms with van der Waals surface area (Å²) in [6.07, 6.45) is 11.1. The lowest BCUT2D eigenvalue weighted by Crippen LogP contribution is -2.61. The second-order valence-electron chi connectivity index (χ2n) is 9.24. The maximum atomic E-state index is 11.8. The number of hydrogen-bond acceptors (Lipinski definition) is 4.